The quantitative estimate of drug-likeness (QED) is 0.317. The van der Waals surface area contributed by atoms with Crippen LogP contribution in [0.15, 0.2) is 53.9 Å². The van der Waals surface area contributed by atoms with Crippen LogP contribution in [0.4, 0.5) is 11.4 Å². The van der Waals surface area contributed by atoms with Gasteiger partial charge in [0.2, 0.25) is 0 Å². The van der Waals surface area contributed by atoms with E-state index in [1.165, 1.54) is 41.8 Å². The molecule has 0 aliphatic heterocycles. The van der Waals surface area contributed by atoms with E-state index in [9.17, 15) is 19.7 Å². The Kier molecular flexibility index (Phi) is 6.93. The molecule has 0 spiro atoms. The molecule has 160 valence electrons. The normalized spacial score (nSPS) is 11.4. The molecular weight excluding hydrogens is 422 g/mol. The molecule has 31 heavy (non-hydrogen) atoms. The Labute approximate surface area is 181 Å². The maximum absolute atomic E-state index is 12.3. The van der Waals surface area contributed by atoms with Crippen LogP contribution in [-0.4, -0.2) is 27.9 Å². The molecule has 1 N–H and O–H groups in total. The molecule has 0 aliphatic carbocycles. The van der Waals surface area contributed by atoms with Gasteiger partial charge in [-0.15, -0.1) is 11.3 Å². The van der Waals surface area contributed by atoms with Crippen LogP contribution in [0.25, 0.3) is 0 Å². The number of nitrogens with one attached hydrogen (secondary N) is 1. The number of hydrogen-bond donors (Lipinski definition) is 1. The fourth-order valence-corrected chi connectivity index (χ4v) is 3.17. The number of carbonyl (C=O) groups excluding carboxylic acids is 2. The fraction of sp³-hybridized carbons (Fsp3) is 0.190. The highest BCUT2D eigenvalue weighted by Gasteiger charge is 2.23. The Morgan fingerprint density at radius 1 is 1.19 bits per heavy atom. The zero-order chi connectivity index (χ0) is 22.4. The van der Waals surface area contributed by atoms with Gasteiger partial charge in [0.15, 0.2) is 11.8 Å². The molecule has 1 heterocycles. The van der Waals surface area contributed by atoms with E-state index in [4.69, 9.17) is 9.47 Å². The molecule has 1 aromatic heterocycles. The van der Waals surface area contributed by atoms with Gasteiger partial charge >= 0.3 is 5.97 Å². The van der Waals surface area contributed by atoms with Crippen LogP contribution in [0.2, 0.25) is 0 Å². The van der Waals surface area contributed by atoms with Crippen molar-refractivity contribution in [2.45, 2.75) is 26.6 Å². The molecule has 1 atom stereocenters. The molecule has 1 unspecified atom stereocenters. The van der Waals surface area contributed by atoms with Crippen molar-refractivity contribution in [3.05, 3.63) is 80.3 Å². The molecule has 0 radical (unpaired) electrons. The Morgan fingerprint density at radius 3 is 2.61 bits per heavy atom. The average molecular weight is 441 g/mol. The maximum atomic E-state index is 12.3. The van der Waals surface area contributed by atoms with Crippen molar-refractivity contribution in [2.75, 3.05) is 5.32 Å². The van der Waals surface area contributed by atoms with Crippen LogP contribution in [0.5, 0.6) is 5.75 Å². The monoisotopic (exact) mass is 441 g/mol. The number of thiazole rings is 1. The predicted octanol–water partition coefficient (Wildman–Crippen LogP) is 4.12. The third-order valence-electron chi connectivity index (χ3n) is 4.16. The molecule has 0 saturated carbocycles. The lowest BCUT2D eigenvalue weighted by molar-refractivity contribution is -0.383. The highest BCUT2D eigenvalue weighted by Crippen LogP contribution is 2.23. The Bertz CT molecular complexity index is 1100. The molecule has 1 amide bonds. The van der Waals surface area contributed by atoms with Gasteiger partial charge < -0.3 is 14.8 Å². The van der Waals surface area contributed by atoms with Crippen LogP contribution in [0.1, 0.15) is 28.0 Å². The van der Waals surface area contributed by atoms with Crippen molar-refractivity contribution in [1.82, 2.24) is 4.98 Å². The molecule has 10 heteroatoms. The number of anilines is 1. The number of nitro groups is 1. The number of rotatable bonds is 8. The van der Waals surface area contributed by atoms with Gasteiger partial charge in [-0.05, 0) is 32.0 Å². The first-order valence-corrected chi connectivity index (χ1v) is 10.1. The standard InChI is InChI=1S/C21H19N3O6S/c1-13-7-9-15(10-8-13)29-11-19-22-17(12-31-19)21(26)30-14(2)20(25)23-16-5-3-4-6-18(16)24(27)28/h3-10,12,14H,11H2,1-2H3,(H,23,25). The molecule has 2 aromatic carbocycles. The summed E-state index contributed by atoms with van der Waals surface area (Å²) in [6, 6.07) is 13.2. The van der Waals surface area contributed by atoms with E-state index >= 15 is 0 Å². The van der Waals surface area contributed by atoms with Crippen molar-refractivity contribution in [3.63, 3.8) is 0 Å². The number of hydrogen-bond acceptors (Lipinski definition) is 8. The van der Waals surface area contributed by atoms with Crippen molar-refractivity contribution in [1.29, 1.82) is 0 Å². The van der Waals surface area contributed by atoms with Crippen LogP contribution in [0, 0.1) is 17.0 Å². The summed E-state index contributed by atoms with van der Waals surface area (Å²) in [4.78, 5) is 39.2. The number of amides is 1. The number of nitro benzene ring substituents is 1. The molecule has 3 rings (SSSR count). The predicted molar refractivity (Wildman–Crippen MR) is 114 cm³/mol. The van der Waals surface area contributed by atoms with E-state index < -0.39 is 22.9 Å². The van der Waals surface area contributed by atoms with Gasteiger partial charge in [-0.2, -0.15) is 0 Å². The van der Waals surface area contributed by atoms with E-state index in [-0.39, 0.29) is 23.7 Å². The second-order valence-corrected chi connectivity index (χ2v) is 7.48. The Morgan fingerprint density at radius 2 is 1.90 bits per heavy atom. The summed E-state index contributed by atoms with van der Waals surface area (Å²) in [7, 11) is 0. The second-order valence-electron chi connectivity index (χ2n) is 6.54. The van der Waals surface area contributed by atoms with Gasteiger partial charge in [0.1, 0.15) is 23.1 Å². The number of aryl methyl sites for hydroxylation is 1. The van der Waals surface area contributed by atoms with Gasteiger partial charge in [-0.3, -0.25) is 14.9 Å². The van der Waals surface area contributed by atoms with Crippen LogP contribution < -0.4 is 10.1 Å². The third kappa shape index (κ3) is 5.86. The van der Waals surface area contributed by atoms with Crippen LogP contribution in [-0.2, 0) is 16.1 Å². The van der Waals surface area contributed by atoms with Crippen molar-refractivity contribution >= 4 is 34.6 Å². The zero-order valence-electron chi connectivity index (χ0n) is 16.7. The number of nitrogens with zero attached hydrogens (tertiary/aromatic N) is 2. The fourth-order valence-electron chi connectivity index (χ4n) is 2.50. The Hall–Kier alpha value is -3.79. The lowest BCUT2D eigenvalue weighted by atomic mass is 10.2. The average Bonchev–Trinajstić information content (AvgIpc) is 3.23. The van der Waals surface area contributed by atoms with E-state index in [0.717, 1.165) is 5.56 Å². The Balaban J connectivity index is 1.55. The maximum Gasteiger partial charge on any atom is 0.358 e. The summed E-state index contributed by atoms with van der Waals surface area (Å²) in [5, 5.41) is 15.5. The summed E-state index contributed by atoms with van der Waals surface area (Å²) in [6.07, 6.45) is -1.18. The summed E-state index contributed by atoms with van der Waals surface area (Å²) >= 11 is 1.23. The summed E-state index contributed by atoms with van der Waals surface area (Å²) in [6.45, 7) is 3.54. The number of carbonyl (C=O) groups is 2. The van der Waals surface area contributed by atoms with Gasteiger partial charge in [0.05, 0.1) is 4.92 Å². The highest BCUT2D eigenvalue weighted by molar-refractivity contribution is 7.09. The van der Waals surface area contributed by atoms with Gasteiger partial charge in [0, 0.05) is 11.4 Å². The second kappa shape index (κ2) is 9.81. The van der Waals surface area contributed by atoms with E-state index in [1.54, 1.807) is 6.07 Å². The summed E-state index contributed by atoms with van der Waals surface area (Å²) in [5.74, 6) is -0.783. The van der Waals surface area contributed by atoms with Crippen LogP contribution in [0.3, 0.4) is 0 Å². The minimum absolute atomic E-state index is 0.0181. The van der Waals surface area contributed by atoms with Gasteiger partial charge in [-0.25, -0.2) is 9.78 Å². The molecule has 0 saturated heterocycles. The molecule has 9 nitrogen and oxygen atoms in total. The summed E-state index contributed by atoms with van der Waals surface area (Å²) < 4.78 is 10.8. The van der Waals surface area contributed by atoms with Crippen molar-refractivity contribution in [3.8, 4) is 5.75 Å². The van der Waals surface area contributed by atoms with Gasteiger partial charge in [0.25, 0.3) is 11.6 Å². The number of aromatic nitrogens is 1. The molecular formula is C21H19N3O6S. The molecule has 3 aromatic rings. The summed E-state index contributed by atoms with van der Waals surface area (Å²) in [5.41, 5.74) is 0.932. The van der Waals surface area contributed by atoms with Crippen molar-refractivity contribution in [2.24, 2.45) is 0 Å². The first-order valence-electron chi connectivity index (χ1n) is 9.22. The highest BCUT2D eigenvalue weighted by atomic mass is 32.1. The lowest BCUT2D eigenvalue weighted by Gasteiger charge is -2.12. The minimum atomic E-state index is -1.18. The van der Waals surface area contributed by atoms with Gasteiger partial charge in [-0.1, -0.05) is 29.8 Å². The van der Waals surface area contributed by atoms with E-state index in [1.807, 2.05) is 31.2 Å². The third-order valence-corrected chi connectivity index (χ3v) is 4.98. The smallest absolute Gasteiger partial charge is 0.358 e. The molecule has 0 fully saturated rings. The number of para-hydroxylation sites is 2. The molecule has 0 aliphatic rings. The lowest BCUT2D eigenvalue weighted by Crippen LogP contribution is -2.30. The largest absolute Gasteiger partial charge is 0.486 e. The number of ether oxygens (including phenoxy) is 2. The molecule has 0 bridgehead atoms. The zero-order valence-corrected chi connectivity index (χ0v) is 17.5. The number of benzene rings is 2. The van der Waals surface area contributed by atoms with Crippen molar-refractivity contribution < 1.29 is 24.0 Å². The minimum Gasteiger partial charge on any atom is -0.486 e. The van der Waals surface area contributed by atoms with E-state index in [0.29, 0.717) is 10.8 Å². The SMILES string of the molecule is Cc1ccc(OCc2nc(C(=O)OC(C)C(=O)Nc3ccccc3[N+](=O)[O-])cs2)cc1. The van der Waals surface area contributed by atoms with E-state index in [2.05, 4.69) is 10.3 Å². The first-order chi connectivity index (χ1) is 14.8. The van der Waals surface area contributed by atoms with Crippen LogP contribution >= 0.6 is 11.3 Å². The number of esters is 1. The first kappa shape index (κ1) is 21.9. The topological polar surface area (TPSA) is 121 Å².